The van der Waals surface area contributed by atoms with E-state index in [4.69, 9.17) is 5.11 Å². The average molecular weight is 221 g/mol. The summed E-state index contributed by atoms with van der Waals surface area (Å²) < 4.78 is 26.0. The van der Waals surface area contributed by atoms with Crippen LogP contribution in [0.4, 0.5) is 8.78 Å². The first-order valence-electron chi connectivity index (χ1n) is 5.24. The van der Waals surface area contributed by atoms with E-state index in [1.807, 2.05) is 0 Å². The molecule has 5 heteroatoms. The Balaban J connectivity index is 2.30. The lowest BCUT2D eigenvalue weighted by atomic mass is 10.0. The van der Waals surface area contributed by atoms with Gasteiger partial charge in [-0.25, -0.2) is 8.78 Å². The monoisotopic (exact) mass is 221 g/mol. The van der Waals surface area contributed by atoms with Crippen molar-refractivity contribution >= 4 is 5.97 Å². The predicted octanol–water partition coefficient (Wildman–Crippen LogP) is 1.83. The van der Waals surface area contributed by atoms with Crippen molar-refractivity contribution in [2.24, 2.45) is 5.92 Å². The highest BCUT2D eigenvalue weighted by Crippen LogP contribution is 2.26. The lowest BCUT2D eigenvalue weighted by molar-refractivity contribution is -0.141. The number of hydrogen-bond donors (Lipinski definition) is 1. The molecule has 0 aliphatic carbocycles. The zero-order valence-corrected chi connectivity index (χ0v) is 8.88. The van der Waals surface area contributed by atoms with Crippen molar-refractivity contribution in [2.45, 2.75) is 32.1 Å². The van der Waals surface area contributed by atoms with E-state index in [2.05, 4.69) is 0 Å². The summed E-state index contributed by atoms with van der Waals surface area (Å²) in [6.07, 6.45) is 0.887. The summed E-state index contributed by atoms with van der Waals surface area (Å²) in [6.45, 7) is 2.48. The maximum atomic E-state index is 13.0. The van der Waals surface area contributed by atoms with Crippen LogP contribution in [0, 0.1) is 5.92 Å². The Bertz CT molecular complexity index is 233. The maximum absolute atomic E-state index is 13.0. The second-order valence-corrected chi connectivity index (χ2v) is 4.26. The first-order chi connectivity index (χ1) is 6.91. The summed E-state index contributed by atoms with van der Waals surface area (Å²) >= 11 is 0. The van der Waals surface area contributed by atoms with Crippen molar-refractivity contribution < 1.29 is 18.7 Å². The topological polar surface area (TPSA) is 40.5 Å². The fourth-order valence-corrected chi connectivity index (χ4v) is 1.74. The normalized spacial score (nSPS) is 23.7. The molecule has 1 heterocycles. The van der Waals surface area contributed by atoms with Crippen molar-refractivity contribution in [1.29, 1.82) is 0 Å². The highest BCUT2D eigenvalue weighted by atomic mass is 19.3. The van der Waals surface area contributed by atoms with Crippen LogP contribution in [0.1, 0.15) is 26.2 Å². The fraction of sp³-hybridized carbons (Fsp3) is 0.900. The molecule has 1 saturated heterocycles. The molecule has 1 unspecified atom stereocenters. The minimum absolute atomic E-state index is 0.0437. The number of piperidine rings is 1. The summed E-state index contributed by atoms with van der Waals surface area (Å²) in [6, 6.07) is 0. The van der Waals surface area contributed by atoms with Gasteiger partial charge in [-0.1, -0.05) is 6.92 Å². The van der Waals surface area contributed by atoms with Gasteiger partial charge in [0.2, 0.25) is 0 Å². The third-order valence-electron chi connectivity index (χ3n) is 2.77. The molecule has 0 aromatic rings. The first-order valence-corrected chi connectivity index (χ1v) is 5.24. The van der Waals surface area contributed by atoms with E-state index in [0.29, 0.717) is 25.9 Å². The van der Waals surface area contributed by atoms with Gasteiger partial charge in [-0.3, -0.25) is 9.69 Å². The zero-order chi connectivity index (χ0) is 11.5. The maximum Gasteiger partial charge on any atom is 0.306 e. The molecule has 0 amide bonds. The molecule has 1 atom stereocenters. The Morgan fingerprint density at radius 3 is 2.80 bits per heavy atom. The highest BCUT2D eigenvalue weighted by Gasteiger charge is 2.34. The molecule has 0 bridgehead atoms. The highest BCUT2D eigenvalue weighted by molar-refractivity contribution is 5.69. The van der Waals surface area contributed by atoms with E-state index in [9.17, 15) is 13.6 Å². The number of rotatable bonds is 4. The SMILES string of the molecule is CC(CCN1CCCC(F)(F)C1)C(=O)O. The molecule has 1 N–H and O–H groups in total. The van der Waals surface area contributed by atoms with Crippen LogP contribution in [0.5, 0.6) is 0 Å². The van der Waals surface area contributed by atoms with Crippen LogP contribution in [0.15, 0.2) is 0 Å². The molecule has 88 valence electrons. The number of alkyl halides is 2. The van der Waals surface area contributed by atoms with E-state index in [1.165, 1.54) is 0 Å². The standard InChI is InChI=1S/C10H17F2NO2/c1-8(9(14)15)3-6-13-5-2-4-10(11,12)7-13/h8H,2-7H2,1H3,(H,14,15). The van der Waals surface area contributed by atoms with Gasteiger partial charge in [0.05, 0.1) is 12.5 Å². The zero-order valence-electron chi connectivity index (χ0n) is 8.88. The number of aliphatic carboxylic acids is 1. The minimum Gasteiger partial charge on any atom is -0.481 e. The number of carbonyl (C=O) groups is 1. The number of hydrogen-bond acceptors (Lipinski definition) is 2. The molecule has 1 aliphatic heterocycles. The summed E-state index contributed by atoms with van der Waals surface area (Å²) in [5.41, 5.74) is 0. The molecule has 3 nitrogen and oxygen atoms in total. The summed E-state index contributed by atoms with van der Waals surface area (Å²) in [4.78, 5) is 12.2. The minimum atomic E-state index is -2.59. The summed E-state index contributed by atoms with van der Waals surface area (Å²) in [5.74, 6) is -3.91. The number of carboxylic acid groups (broad SMARTS) is 1. The number of carboxylic acids is 1. The quantitative estimate of drug-likeness (QED) is 0.787. The third kappa shape index (κ3) is 4.11. The van der Waals surface area contributed by atoms with Crippen LogP contribution < -0.4 is 0 Å². The van der Waals surface area contributed by atoms with E-state index in [-0.39, 0.29) is 13.0 Å². The molecular weight excluding hydrogens is 204 g/mol. The summed E-state index contributed by atoms with van der Waals surface area (Å²) in [5, 5.41) is 8.65. The van der Waals surface area contributed by atoms with Crippen molar-refractivity contribution in [1.82, 2.24) is 4.90 Å². The van der Waals surface area contributed by atoms with Crippen LogP contribution in [0.25, 0.3) is 0 Å². The molecule has 0 spiro atoms. The second-order valence-electron chi connectivity index (χ2n) is 4.26. The van der Waals surface area contributed by atoms with Gasteiger partial charge < -0.3 is 5.11 Å². The van der Waals surface area contributed by atoms with Gasteiger partial charge in [-0.2, -0.15) is 0 Å². The predicted molar refractivity (Wildman–Crippen MR) is 52.0 cm³/mol. The molecular formula is C10H17F2NO2. The Hall–Kier alpha value is -0.710. The van der Waals surface area contributed by atoms with E-state index < -0.39 is 17.8 Å². The smallest absolute Gasteiger partial charge is 0.306 e. The Labute approximate surface area is 88.1 Å². The lowest BCUT2D eigenvalue weighted by Gasteiger charge is -2.32. The van der Waals surface area contributed by atoms with Crippen molar-refractivity contribution in [3.05, 3.63) is 0 Å². The number of halogens is 2. The van der Waals surface area contributed by atoms with Gasteiger partial charge in [-0.05, 0) is 25.9 Å². The molecule has 0 saturated carbocycles. The number of likely N-dealkylation sites (tertiary alicyclic amines) is 1. The van der Waals surface area contributed by atoms with Crippen LogP contribution in [0.2, 0.25) is 0 Å². The molecule has 0 aromatic heterocycles. The Kier molecular flexibility index (Phi) is 4.02. The molecule has 1 fully saturated rings. The molecule has 1 rings (SSSR count). The van der Waals surface area contributed by atoms with Crippen LogP contribution in [-0.2, 0) is 4.79 Å². The third-order valence-corrected chi connectivity index (χ3v) is 2.77. The van der Waals surface area contributed by atoms with Crippen molar-refractivity contribution in [3.8, 4) is 0 Å². The Morgan fingerprint density at radius 2 is 2.27 bits per heavy atom. The van der Waals surface area contributed by atoms with Crippen molar-refractivity contribution in [2.75, 3.05) is 19.6 Å². The Morgan fingerprint density at radius 1 is 1.60 bits per heavy atom. The average Bonchev–Trinajstić information content (AvgIpc) is 2.12. The van der Waals surface area contributed by atoms with E-state index in [1.54, 1.807) is 11.8 Å². The van der Waals surface area contributed by atoms with E-state index in [0.717, 1.165) is 0 Å². The molecule has 0 aromatic carbocycles. The first kappa shape index (κ1) is 12.4. The molecule has 1 aliphatic rings. The lowest BCUT2D eigenvalue weighted by Crippen LogP contribution is -2.43. The van der Waals surface area contributed by atoms with Gasteiger partial charge >= 0.3 is 5.97 Å². The van der Waals surface area contributed by atoms with Gasteiger partial charge in [0.25, 0.3) is 5.92 Å². The van der Waals surface area contributed by atoms with Gasteiger partial charge in [-0.15, -0.1) is 0 Å². The second kappa shape index (κ2) is 4.88. The number of nitrogens with zero attached hydrogens (tertiary/aromatic N) is 1. The van der Waals surface area contributed by atoms with Crippen LogP contribution in [0.3, 0.4) is 0 Å². The van der Waals surface area contributed by atoms with Gasteiger partial charge in [0.15, 0.2) is 0 Å². The fourth-order valence-electron chi connectivity index (χ4n) is 1.74. The molecule has 0 radical (unpaired) electrons. The van der Waals surface area contributed by atoms with Crippen molar-refractivity contribution in [3.63, 3.8) is 0 Å². The van der Waals surface area contributed by atoms with Crippen LogP contribution in [-0.4, -0.2) is 41.5 Å². The molecule has 15 heavy (non-hydrogen) atoms. The van der Waals surface area contributed by atoms with Gasteiger partial charge in [0.1, 0.15) is 0 Å². The van der Waals surface area contributed by atoms with E-state index >= 15 is 0 Å². The van der Waals surface area contributed by atoms with Crippen LogP contribution >= 0.6 is 0 Å². The largest absolute Gasteiger partial charge is 0.481 e. The van der Waals surface area contributed by atoms with Gasteiger partial charge in [0, 0.05) is 6.42 Å². The summed E-state index contributed by atoms with van der Waals surface area (Å²) in [7, 11) is 0.